The summed E-state index contributed by atoms with van der Waals surface area (Å²) in [5.41, 5.74) is 7.64. The van der Waals surface area contributed by atoms with E-state index in [9.17, 15) is 0 Å². The minimum Gasteiger partial charge on any atom is -0.398 e. The van der Waals surface area contributed by atoms with Gasteiger partial charge in [-0.15, -0.1) is 35.6 Å². The van der Waals surface area contributed by atoms with Gasteiger partial charge in [0.2, 0.25) is 0 Å². The van der Waals surface area contributed by atoms with Crippen molar-refractivity contribution < 1.29 is 0 Å². The quantitative estimate of drug-likeness (QED) is 0.568. The summed E-state index contributed by atoms with van der Waals surface area (Å²) in [7, 11) is 0. The SMILES string of the molecule is Nc1csc2cc(S)c(CCl)cc12. The highest BCUT2D eigenvalue weighted by atomic mass is 35.5. The van der Waals surface area contributed by atoms with Crippen LogP contribution >= 0.6 is 35.6 Å². The van der Waals surface area contributed by atoms with Crippen molar-refractivity contribution >= 4 is 51.3 Å². The number of thiophene rings is 1. The molecule has 0 fully saturated rings. The maximum atomic E-state index is 5.79. The molecule has 0 aliphatic rings. The van der Waals surface area contributed by atoms with Crippen molar-refractivity contribution in [2.45, 2.75) is 10.8 Å². The van der Waals surface area contributed by atoms with Crippen LogP contribution in [0.4, 0.5) is 5.69 Å². The molecule has 0 saturated carbocycles. The number of hydrogen-bond donors (Lipinski definition) is 2. The van der Waals surface area contributed by atoms with E-state index in [1.54, 1.807) is 11.3 Å². The Labute approximate surface area is 90.9 Å². The highest BCUT2D eigenvalue weighted by Crippen LogP contribution is 2.32. The van der Waals surface area contributed by atoms with E-state index in [2.05, 4.69) is 12.6 Å². The zero-order valence-corrected chi connectivity index (χ0v) is 9.22. The number of nitrogen functional groups attached to an aromatic ring is 1. The first kappa shape index (κ1) is 9.19. The molecule has 2 aromatic rings. The molecule has 13 heavy (non-hydrogen) atoms. The van der Waals surface area contributed by atoms with Crippen molar-refractivity contribution in [2.75, 3.05) is 5.73 Å². The molecule has 0 atom stereocenters. The highest BCUT2D eigenvalue weighted by molar-refractivity contribution is 7.80. The number of halogens is 1. The molecular formula is C9H8ClNS2. The Kier molecular flexibility index (Phi) is 2.41. The van der Waals surface area contributed by atoms with Gasteiger partial charge in [0.05, 0.1) is 5.69 Å². The Morgan fingerprint density at radius 3 is 2.92 bits per heavy atom. The molecule has 68 valence electrons. The number of thiol groups is 1. The van der Waals surface area contributed by atoms with Gasteiger partial charge in [-0.3, -0.25) is 0 Å². The van der Waals surface area contributed by atoms with Crippen LogP contribution < -0.4 is 5.73 Å². The van der Waals surface area contributed by atoms with Crippen molar-refractivity contribution in [3.63, 3.8) is 0 Å². The molecule has 4 heteroatoms. The third-order valence-corrected chi connectivity index (χ3v) is 3.62. The zero-order valence-electron chi connectivity index (χ0n) is 6.75. The van der Waals surface area contributed by atoms with Crippen LogP contribution in [0.15, 0.2) is 22.4 Å². The lowest BCUT2D eigenvalue weighted by Gasteiger charge is -2.01. The predicted molar refractivity (Wildman–Crippen MR) is 63.0 cm³/mol. The second kappa shape index (κ2) is 3.40. The van der Waals surface area contributed by atoms with Crippen LogP contribution in [0.2, 0.25) is 0 Å². The maximum Gasteiger partial charge on any atom is 0.0502 e. The molecule has 1 nitrogen and oxygen atoms in total. The standard InChI is InChI=1S/C9H8ClNS2/c10-3-5-1-6-7(11)4-13-9(6)2-8(5)12/h1-2,4,12H,3,11H2. The van der Waals surface area contributed by atoms with Crippen molar-refractivity contribution in [2.24, 2.45) is 0 Å². The van der Waals surface area contributed by atoms with Crippen molar-refractivity contribution in [3.8, 4) is 0 Å². The van der Waals surface area contributed by atoms with E-state index >= 15 is 0 Å². The van der Waals surface area contributed by atoms with Gasteiger partial charge in [0, 0.05) is 26.2 Å². The van der Waals surface area contributed by atoms with E-state index in [0.717, 1.165) is 26.2 Å². The number of nitrogens with two attached hydrogens (primary N) is 1. The minimum atomic E-state index is 0.476. The van der Waals surface area contributed by atoms with Crippen molar-refractivity contribution in [3.05, 3.63) is 23.1 Å². The molecular weight excluding hydrogens is 222 g/mol. The number of benzene rings is 1. The van der Waals surface area contributed by atoms with Gasteiger partial charge in [-0.1, -0.05) is 0 Å². The van der Waals surface area contributed by atoms with Gasteiger partial charge in [-0.2, -0.15) is 0 Å². The van der Waals surface area contributed by atoms with Crippen molar-refractivity contribution in [1.82, 2.24) is 0 Å². The van der Waals surface area contributed by atoms with E-state index in [1.807, 2.05) is 17.5 Å². The minimum absolute atomic E-state index is 0.476. The molecule has 2 N–H and O–H groups in total. The third kappa shape index (κ3) is 1.52. The topological polar surface area (TPSA) is 26.0 Å². The molecule has 0 spiro atoms. The van der Waals surface area contributed by atoms with Crippen LogP contribution in [0.5, 0.6) is 0 Å². The highest BCUT2D eigenvalue weighted by Gasteiger charge is 2.05. The zero-order chi connectivity index (χ0) is 9.42. The summed E-state index contributed by atoms with van der Waals surface area (Å²) >= 11 is 11.7. The van der Waals surface area contributed by atoms with Gasteiger partial charge in [0.15, 0.2) is 0 Å². The Hall–Kier alpha value is -0.380. The summed E-state index contributed by atoms with van der Waals surface area (Å²) in [5, 5.41) is 3.02. The first-order chi connectivity index (χ1) is 6.22. The van der Waals surface area contributed by atoms with Gasteiger partial charge < -0.3 is 5.73 Å². The largest absolute Gasteiger partial charge is 0.398 e. The van der Waals surface area contributed by atoms with Crippen LogP contribution in [0.25, 0.3) is 10.1 Å². The molecule has 1 heterocycles. The van der Waals surface area contributed by atoms with E-state index in [0.29, 0.717) is 5.88 Å². The van der Waals surface area contributed by atoms with Gasteiger partial charge >= 0.3 is 0 Å². The van der Waals surface area contributed by atoms with Gasteiger partial charge in [-0.25, -0.2) is 0 Å². The number of alkyl halides is 1. The first-order valence-corrected chi connectivity index (χ1v) is 5.63. The van der Waals surface area contributed by atoms with Crippen LogP contribution in [0, 0.1) is 0 Å². The molecule has 0 saturated heterocycles. The number of hydrogen-bond acceptors (Lipinski definition) is 3. The summed E-state index contributed by atoms with van der Waals surface area (Å²) in [6, 6.07) is 4.02. The van der Waals surface area contributed by atoms with Crippen molar-refractivity contribution in [1.29, 1.82) is 0 Å². The van der Waals surface area contributed by atoms with Crippen LogP contribution in [-0.2, 0) is 5.88 Å². The number of rotatable bonds is 1. The fraction of sp³-hybridized carbons (Fsp3) is 0.111. The molecule has 1 aromatic heterocycles. The lowest BCUT2D eigenvalue weighted by atomic mass is 10.2. The third-order valence-electron chi connectivity index (χ3n) is 1.95. The molecule has 0 radical (unpaired) electrons. The monoisotopic (exact) mass is 229 g/mol. The summed E-state index contributed by atoms with van der Waals surface area (Å²) in [4.78, 5) is 0.935. The first-order valence-electron chi connectivity index (χ1n) is 3.77. The molecule has 2 rings (SSSR count). The maximum absolute atomic E-state index is 5.79. The van der Waals surface area contributed by atoms with Crippen LogP contribution in [-0.4, -0.2) is 0 Å². The second-order valence-electron chi connectivity index (χ2n) is 2.80. The lowest BCUT2D eigenvalue weighted by molar-refractivity contribution is 1.30. The van der Waals surface area contributed by atoms with E-state index in [1.165, 1.54) is 0 Å². The second-order valence-corrected chi connectivity index (χ2v) is 4.46. The summed E-state index contributed by atoms with van der Waals surface area (Å²) in [5.74, 6) is 0.476. The fourth-order valence-corrected chi connectivity index (χ4v) is 2.78. The van der Waals surface area contributed by atoms with Gasteiger partial charge in [-0.05, 0) is 17.7 Å². The molecule has 0 bridgehead atoms. The Morgan fingerprint density at radius 1 is 1.46 bits per heavy atom. The molecule has 0 aliphatic heterocycles. The van der Waals surface area contributed by atoms with Gasteiger partial charge in [0.25, 0.3) is 0 Å². The molecule has 0 amide bonds. The average molecular weight is 230 g/mol. The van der Waals surface area contributed by atoms with E-state index < -0.39 is 0 Å². The smallest absolute Gasteiger partial charge is 0.0502 e. The van der Waals surface area contributed by atoms with E-state index in [4.69, 9.17) is 17.3 Å². The Morgan fingerprint density at radius 2 is 2.23 bits per heavy atom. The number of fused-ring (bicyclic) bond motifs is 1. The molecule has 0 unspecified atom stereocenters. The van der Waals surface area contributed by atoms with Gasteiger partial charge in [0.1, 0.15) is 0 Å². The predicted octanol–water partition coefficient (Wildman–Crippen LogP) is 3.51. The summed E-state index contributed by atoms with van der Waals surface area (Å²) < 4.78 is 1.16. The number of anilines is 1. The lowest BCUT2D eigenvalue weighted by Crippen LogP contribution is -1.84. The van der Waals surface area contributed by atoms with Crippen LogP contribution in [0.3, 0.4) is 0 Å². The summed E-state index contributed by atoms with van der Waals surface area (Å²) in [6.07, 6.45) is 0. The normalized spacial score (nSPS) is 10.9. The fourth-order valence-electron chi connectivity index (χ4n) is 1.23. The summed E-state index contributed by atoms with van der Waals surface area (Å²) in [6.45, 7) is 0. The van der Waals surface area contributed by atoms with E-state index in [-0.39, 0.29) is 0 Å². The van der Waals surface area contributed by atoms with Crippen LogP contribution in [0.1, 0.15) is 5.56 Å². The Balaban J connectivity index is 2.77. The molecule has 0 aliphatic carbocycles. The molecule has 1 aromatic carbocycles. The Bertz CT molecular complexity index is 450. The average Bonchev–Trinajstić information content (AvgIpc) is 2.46.